The van der Waals surface area contributed by atoms with Crippen molar-refractivity contribution in [2.45, 2.75) is 58.0 Å². The minimum Gasteiger partial charge on any atom is -0.481 e. The second-order valence-corrected chi connectivity index (χ2v) is 8.72. The zero-order valence-corrected chi connectivity index (χ0v) is 19.2. The highest BCUT2D eigenvalue weighted by molar-refractivity contribution is 5.66. The second kappa shape index (κ2) is 11.1. The van der Waals surface area contributed by atoms with Gasteiger partial charge in [0.05, 0.1) is 18.3 Å². The number of nitrogens with zero attached hydrogens (tertiary/aromatic N) is 2. The standard InChI is InChI=1S/C26H30N2O5/c1-18-11-12-19(15-27)22(14-18)33-26(2,3)25-31-17-21(8-5-4-6-10-23(29)30)24(32-25)20-9-7-13-28-16-20/h4-5,7,9,11-14,16,21,24-25H,6,8,10,17H2,1-3H3,(H,29,30)/b5-4-/t21-,24-,25+/m1/s1. The first-order valence-electron chi connectivity index (χ1n) is 11.0. The van der Waals surface area contributed by atoms with Gasteiger partial charge in [0.1, 0.15) is 11.8 Å². The molecule has 7 heteroatoms. The molecular formula is C26H30N2O5. The van der Waals surface area contributed by atoms with Gasteiger partial charge in [0, 0.05) is 24.7 Å². The number of nitriles is 1. The largest absolute Gasteiger partial charge is 0.481 e. The van der Waals surface area contributed by atoms with Crippen LogP contribution in [-0.2, 0) is 14.3 Å². The SMILES string of the molecule is Cc1ccc(C#N)c(OC(C)(C)[C@H]2OC[C@@H](C/C=C\CCC(=O)O)[C@@H](c3cccnc3)O2)c1. The summed E-state index contributed by atoms with van der Waals surface area (Å²) in [6, 6.07) is 11.5. The number of allylic oxidation sites excluding steroid dienone is 2. The van der Waals surface area contributed by atoms with Crippen LogP contribution in [0, 0.1) is 24.2 Å². The lowest BCUT2D eigenvalue weighted by molar-refractivity contribution is -0.288. The molecule has 0 unspecified atom stereocenters. The summed E-state index contributed by atoms with van der Waals surface area (Å²) < 4.78 is 18.8. The third-order valence-corrected chi connectivity index (χ3v) is 5.50. The van der Waals surface area contributed by atoms with Crippen LogP contribution in [0.5, 0.6) is 5.75 Å². The summed E-state index contributed by atoms with van der Waals surface area (Å²) >= 11 is 0. The Labute approximate surface area is 194 Å². The van der Waals surface area contributed by atoms with Crippen molar-refractivity contribution >= 4 is 5.97 Å². The molecule has 3 atom stereocenters. The quantitative estimate of drug-likeness (QED) is 0.539. The summed E-state index contributed by atoms with van der Waals surface area (Å²) in [5.74, 6) is -0.275. The first kappa shape index (κ1) is 24.4. The molecule has 1 aromatic heterocycles. The monoisotopic (exact) mass is 450 g/mol. The van der Waals surface area contributed by atoms with Crippen molar-refractivity contribution in [3.63, 3.8) is 0 Å². The number of benzene rings is 1. The Hall–Kier alpha value is -3.21. The molecule has 0 radical (unpaired) electrons. The lowest BCUT2D eigenvalue weighted by atomic mass is 9.92. The smallest absolute Gasteiger partial charge is 0.303 e. The zero-order valence-electron chi connectivity index (χ0n) is 19.2. The number of hydrogen-bond acceptors (Lipinski definition) is 6. The molecule has 174 valence electrons. The fourth-order valence-electron chi connectivity index (χ4n) is 3.77. The number of aliphatic carboxylic acids is 1. The van der Waals surface area contributed by atoms with Crippen LogP contribution < -0.4 is 4.74 Å². The van der Waals surface area contributed by atoms with E-state index in [1.165, 1.54) is 0 Å². The summed E-state index contributed by atoms with van der Waals surface area (Å²) in [5.41, 5.74) is 1.53. The summed E-state index contributed by atoms with van der Waals surface area (Å²) in [6.07, 6.45) is 7.72. The number of ether oxygens (including phenoxy) is 3. The van der Waals surface area contributed by atoms with Gasteiger partial charge in [-0.15, -0.1) is 0 Å². The first-order valence-corrected chi connectivity index (χ1v) is 11.0. The Morgan fingerprint density at radius 3 is 2.88 bits per heavy atom. The number of pyridine rings is 1. The van der Waals surface area contributed by atoms with Gasteiger partial charge in [0.15, 0.2) is 11.9 Å². The number of hydrogen-bond donors (Lipinski definition) is 1. The minimum atomic E-state index is -0.859. The molecular weight excluding hydrogens is 420 g/mol. The fourth-order valence-corrected chi connectivity index (χ4v) is 3.77. The van der Waals surface area contributed by atoms with Crippen molar-refractivity contribution in [2.75, 3.05) is 6.61 Å². The van der Waals surface area contributed by atoms with Gasteiger partial charge in [-0.1, -0.05) is 24.3 Å². The summed E-state index contributed by atoms with van der Waals surface area (Å²) in [5, 5.41) is 18.3. The Kier molecular flexibility index (Phi) is 8.21. The molecule has 2 aromatic rings. The molecule has 7 nitrogen and oxygen atoms in total. The van der Waals surface area contributed by atoms with Gasteiger partial charge in [-0.2, -0.15) is 5.26 Å². The van der Waals surface area contributed by atoms with E-state index >= 15 is 0 Å². The number of aromatic nitrogens is 1. The molecule has 3 rings (SSSR count). The lowest BCUT2D eigenvalue weighted by Gasteiger charge is -2.43. The van der Waals surface area contributed by atoms with E-state index in [9.17, 15) is 10.1 Å². The maximum atomic E-state index is 10.7. The van der Waals surface area contributed by atoms with Gasteiger partial charge >= 0.3 is 5.97 Å². The average molecular weight is 451 g/mol. The van der Waals surface area contributed by atoms with E-state index in [4.69, 9.17) is 19.3 Å². The molecule has 33 heavy (non-hydrogen) atoms. The van der Waals surface area contributed by atoms with Crippen molar-refractivity contribution in [3.8, 4) is 11.8 Å². The normalized spacial score (nSPS) is 21.0. The molecule has 1 saturated heterocycles. The van der Waals surface area contributed by atoms with Gasteiger partial charge in [-0.05, 0) is 62.9 Å². The molecule has 1 aliphatic heterocycles. The predicted molar refractivity (Wildman–Crippen MR) is 123 cm³/mol. The lowest BCUT2D eigenvalue weighted by Crippen LogP contribution is -2.50. The molecule has 1 N–H and O–H groups in total. The molecule has 1 fully saturated rings. The van der Waals surface area contributed by atoms with Crippen molar-refractivity contribution in [1.29, 1.82) is 5.26 Å². The molecule has 0 amide bonds. The van der Waals surface area contributed by atoms with Gasteiger partial charge in [-0.25, -0.2) is 0 Å². The second-order valence-electron chi connectivity index (χ2n) is 8.72. The molecule has 2 heterocycles. The topological polar surface area (TPSA) is 102 Å². The van der Waals surface area contributed by atoms with Crippen molar-refractivity contribution in [1.82, 2.24) is 4.98 Å². The Morgan fingerprint density at radius 1 is 1.36 bits per heavy atom. The van der Waals surface area contributed by atoms with Crippen molar-refractivity contribution < 1.29 is 24.1 Å². The fraction of sp³-hybridized carbons (Fsp3) is 0.423. The summed E-state index contributed by atoms with van der Waals surface area (Å²) in [7, 11) is 0. The van der Waals surface area contributed by atoms with Gasteiger partial charge in [0.2, 0.25) is 0 Å². The predicted octanol–water partition coefficient (Wildman–Crippen LogP) is 4.96. The van der Waals surface area contributed by atoms with Crippen LogP contribution in [0.15, 0.2) is 54.9 Å². The van der Waals surface area contributed by atoms with Crippen LogP contribution in [0.3, 0.4) is 0 Å². The Bertz CT molecular complexity index is 1010. The highest BCUT2D eigenvalue weighted by Gasteiger charge is 2.42. The van der Waals surface area contributed by atoms with Crippen LogP contribution in [0.4, 0.5) is 0 Å². The number of aryl methyl sites for hydroxylation is 1. The number of carboxylic acid groups (broad SMARTS) is 1. The summed E-state index contributed by atoms with van der Waals surface area (Å²) in [6.45, 7) is 6.15. The highest BCUT2D eigenvalue weighted by atomic mass is 16.7. The van der Waals surface area contributed by atoms with E-state index in [2.05, 4.69) is 11.1 Å². The number of carbonyl (C=O) groups is 1. The van der Waals surface area contributed by atoms with E-state index in [1.54, 1.807) is 18.5 Å². The zero-order chi connectivity index (χ0) is 23.8. The third-order valence-electron chi connectivity index (χ3n) is 5.50. The van der Waals surface area contributed by atoms with Crippen molar-refractivity contribution in [2.24, 2.45) is 5.92 Å². The van der Waals surface area contributed by atoms with Crippen LogP contribution in [0.1, 0.15) is 55.9 Å². The maximum absolute atomic E-state index is 10.7. The molecule has 0 spiro atoms. The van der Waals surface area contributed by atoms with Crippen LogP contribution in [-0.4, -0.2) is 34.6 Å². The maximum Gasteiger partial charge on any atom is 0.303 e. The summed E-state index contributed by atoms with van der Waals surface area (Å²) in [4.78, 5) is 15.0. The van der Waals surface area contributed by atoms with Gasteiger partial charge in [-0.3, -0.25) is 9.78 Å². The van der Waals surface area contributed by atoms with Crippen molar-refractivity contribution in [3.05, 3.63) is 71.6 Å². The first-order chi connectivity index (χ1) is 15.8. The molecule has 1 aliphatic rings. The van der Waals surface area contributed by atoms with E-state index < -0.39 is 17.9 Å². The van der Waals surface area contributed by atoms with Crippen LogP contribution in [0.25, 0.3) is 0 Å². The Balaban J connectivity index is 1.76. The van der Waals surface area contributed by atoms with Crippen LogP contribution >= 0.6 is 0 Å². The van der Waals surface area contributed by atoms with Gasteiger partial charge in [0.25, 0.3) is 0 Å². The Morgan fingerprint density at radius 2 is 2.18 bits per heavy atom. The molecule has 0 aliphatic carbocycles. The molecule has 1 aromatic carbocycles. The third kappa shape index (κ3) is 6.64. The van der Waals surface area contributed by atoms with E-state index in [0.717, 1.165) is 11.1 Å². The van der Waals surface area contributed by atoms with E-state index in [1.807, 2.05) is 57.2 Å². The number of carboxylic acids is 1. The van der Waals surface area contributed by atoms with Gasteiger partial charge < -0.3 is 19.3 Å². The van der Waals surface area contributed by atoms with E-state index in [0.29, 0.717) is 30.8 Å². The molecule has 0 saturated carbocycles. The molecule has 0 bridgehead atoms. The minimum absolute atomic E-state index is 0.0379. The van der Waals surface area contributed by atoms with Crippen LogP contribution in [0.2, 0.25) is 0 Å². The van der Waals surface area contributed by atoms with E-state index in [-0.39, 0.29) is 18.4 Å². The highest BCUT2D eigenvalue weighted by Crippen LogP contribution is 2.38. The number of rotatable bonds is 9. The average Bonchev–Trinajstić information content (AvgIpc) is 2.79.